The van der Waals surface area contributed by atoms with E-state index < -0.39 is 5.97 Å². The molecule has 0 aromatic heterocycles. The van der Waals surface area contributed by atoms with Crippen molar-refractivity contribution in [3.8, 4) is 0 Å². The zero-order valence-electron chi connectivity index (χ0n) is 3.48. The fourth-order valence-electron chi connectivity index (χ4n) is 0.151. The molecule has 0 saturated heterocycles. The second-order valence-corrected chi connectivity index (χ2v) is 1.70. The summed E-state index contributed by atoms with van der Waals surface area (Å²) in [5, 5.41) is 7.92. The van der Waals surface area contributed by atoms with Gasteiger partial charge in [-0.15, -0.1) is 0 Å². The van der Waals surface area contributed by atoms with Gasteiger partial charge in [-0.1, -0.05) is 6.04 Å². The number of rotatable bonds is 2. The molecule has 0 aliphatic carbocycles. The third-order valence-electron chi connectivity index (χ3n) is 0.391. The zero-order chi connectivity index (χ0) is 4.99. The lowest BCUT2D eigenvalue weighted by Gasteiger charge is -1.79. The number of carboxylic acid groups (broad SMARTS) is 1. The van der Waals surface area contributed by atoms with E-state index in [1.54, 1.807) is 10.2 Å². The molecule has 2 nitrogen and oxygen atoms in total. The minimum Gasteiger partial charge on any atom is -0.481 e. The van der Waals surface area contributed by atoms with Gasteiger partial charge in [0, 0.05) is 16.7 Å². The van der Waals surface area contributed by atoms with Crippen LogP contribution in [0.4, 0.5) is 0 Å². The van der Waals surface area contributed by atoms with Crippen molar-refractivity contribution < 1.29 is 9.90 Å². The SMILES string of the molecule is O=C(O)CC[SiH2]. The maximum atomic E-state index is 9.60. The van der Waals surface area contributed by atoms with E-state index in [0.717, 1.165) is 6.04 Å². The van der Waals surface area contributed by atoms with E-state index in [0.29, 0.717) is 6.42 Å². The smallest absolute Gasteiger partial charge is 0.303 e. The molecule has 0 aliphatic heterocycles. The predicted molar refractivity (Wildman–Crippen MR) is 25.6 cm³/mol. The van der Waals surface area contributed by atoms with Crippen LogP contribution in [0.1, 0.15) is 6.42 Å². The van der Waals surface area contributed by atoms with Gasteiger partial charge in [0.15, 0.2) is 0 Å². The van der Waals surface area contributed by atoms with Gasteiger partial charge in [-0.3, -0.25) is 4.79 Å². The van der Waals surface area contributed by atoms with Gasteiger partial charge in [0.1, 0.15) is 0 Å². The molecule has 0 bridgehead atoms. The summed E-state index contributed by atoms with van der Waals surface area (Å²) >= 11 is 0. The van der Waals surface area contributed by atoms with Gasteiger partial charge in [0.05, 0.1) is 0 Å². The lowest BCUT2D eigenvalue weighted by atomic mass is 10.5. The number of carbonyl (C=O) groups is 1. The van der Waals surface area contributed by atoms with Crippen molar-refractivity contribution in [3.05, 3.63) is 0 Å². The molecule has 1 N–H and O–H groups in total. The number of hydrogen-bond donors (Lipinski definition) is 1. The van der Waals surface area contributed by atoms with E-state index in [9.17, 15) is 4.79 Å². The first-order valence-corrected chi connectivity index (χ1v) is 2.78. The molecular weight excluding hydrogens is 96.1 g/mol. The van der Waals surface area contributed by atoms with Gasteiger partial charge < -0.3 is 5.11 Å². The molecule has 0 spiro atoms. The van der Waals surface area contributed by atoms with Gasteiger partial charge in [-0.2, -0.15) is 0 Å². The van der Waals surface area contributed by atoms with Crippen molar-refractivity contribution >= 4 is 16.2 Å². The van der Waals surface area contributed by atoms with Gasteiger partial charge >= 0.3 is 5.97 Å². The highest BCUT2D eigenvalue weighted by molar-refractivity contribution is 6.09. The van der Waals surface area contributed by atoms with Crippen molar-refractivity contribution in [1.29, 1.82) is 0 Å². The highest BCUT2D eigenvalue weighted by atomic mass is 28.1. The van der Waals surface area contributed by atoms with Crippen LogP contribution in [0.3, 0.4) is 0 Å². The van der Waals surface area contributed by atoms with E-state index >= 15 is 0 Å². The molecule has 0 aromatic rings. The van der Waals surface area contributed by atoms with Crippen LogP contribution in [0.5, 0.6) is 0 Å². The summed E-state index contributed by atoms with van der Waals surface area (Å²) in [6.07, 6.45) is 0.304. The molecule has 0 amide bonds. The molecule has 0 rings (SSSR count). The predicted octanol–water partition coefficient (Wildman–Crippen LogP) is -0.487. The van der Waals surface area contributed by atoms with Crippen LogP contribution in [0.15, 0.2) is 0 Å². The summed E-state index contributed by atoms with van der Waals surface area (Å²) in [7, 11) is 1.67. The van der Waals surface area contributed by atoms with E-state index in [4.69, 9.17) is 5.11 Å². The molecule has 0 unspecified atom stereocenters. The Morgan fingerprint density at radius 1 is 1.83 bits per heavy atom. The summed E-state index contributed by atoms with van der Waals surface area (Å²) in [6, 6.07) is 0.759. The fourth-order valence-corrected chi connectivity index (χ4v) is 0.454. The summed E-state index contributed by atoms with van der Waals surface area (Å²) in [5.41, 5.74) is 0. The first-order valence-electron chi connectivity index (χ1n) is 1.78. The average Bonchev–Trinajstić information content (AvgIpc) is 1.35. The lowest BCUT2D eigenvalue weighted by molar-refractivity contribution is -0.136. The van der Waals surface area contributed by atoms with Gasteiger partial charge in [0.2, 0.25) is 0 Å². The zero-order valence-corrected chi connectivity index (χ0v) is 4.89. The Kier molecular flexibility index (Phi) is 2.75. The first kappa shape index (κ1) is 5.69. The monoisotopic (exact) mass is 103 g/mol. The summed E-state index contributed by atoms with van der Waals surface area (Å²) in [5.74, 6) is -0.704. The van der Waals surface area contributed by atoms with Crippen molar-refractivity contribution in [2.24, 2.45) is 0 Å². The molecule has 0 aromatic carbocycles. The van der Waals surface area contributed by atoms with Crippen molar-refractivity contribution in [1.82, 2.24) is 0 Å². The minimum atomic E-state index is -0.704. The third-order valence-corrected chi connectivity index (χ3v) is 0.744. The lowest BCUT2D eigenvalue weighted by Crippen LogP contribution is -1.91. The van der Waals surface area contributed by atoms with Crippen LogP contribution in [-0.2, 0) is 4.79 Å². The second-order valence-electron chi connectivity index (χ2n) is 0.997. The van der Waals surface area contributed by atoms with Crippen molar-refractivity contribution in [3.63, 3.8) is 0 Å². The molecule has 1 radical (unpaired) electrons. The Balaban J connectivity index is 2.83. The third kappa shape index (κ3) is 3.69. The first-order chi connectivity index (χ1) is 2.77. The molecule has 0 fully saturated rings. The molecule has 3 heteroatoms. The number of aliphatic carboxylic acids is 1. The molecule has 0 atom stereocenters. The highest BCUT2D eigenvalue weighted by Gasteiger charge is 1.87. The van der Waals surface area contributed by atoms with E-state index in [-0.39, 0.29) is 0 Å². The Labute approximate surface area is 39.6 Å². The minimum absolute atomic E-state index is 0.304. The summed E-state index contributed by atoms with van der Waals surface area (Å²) in [4.78, 5) is 9.60. The van der Waals surface area contributed by atoms with Gasteiger partial charge in [-0.25, -0.2) is 0 Å². The maximum absolute atomic E-state index is 9.60. The van der Waals surface area contributed by atoms with Crippen molar-refractivity contribution in [2.45, 2.75) is 12.5 Å². The number of hydrogen-bond acceptors (Lipinski definition) is 1. The molecule has 6 heavy (non-hydrogen) atoms. The van der Waals surface area contributed by atoms with E-state index in [1.165, 1.54) is 0 Å². The average molecular weight is 103 g/mol. The van der Waals surface area contributed by atoms with Crippen LogP contribution < -0.4 is 0 Å². The van der Waals surface area contributed by atoms with E-state index in [2.05, 4.69) is 0 Å². The standard InChI is InChI=1S/C3H7O2Si/c4-3(5)1-2-6/h1-2,6H2,(H,4,5). The molecule has 0 saturated carbocycles. The quantitative estimate of drug-likeness (QED) is 0.479. The van der Waals surface area contributed by atoms with Crippen LogP contribution in [0.25, 0.3) is 0 Å². The van der Waals surface area contributed by atoms with Crippen LogP contribution >= 0.6 is 0 Å². The molecular formula is C3H7O2Si. The van der Waals surface area contributed by atoms with Crippen LogP contribution in [0, 0.1) is 0 Å². The molecule has 0 heterocycles. The van der Waals surface area contributed by atoms with E-state index in [1.807, 2.05) is 0 Å². The molecule has 0 aliphatic rings. The topological polar surface area (TPSA) is 37.3 Å². The Morgan fingerprint density at radius 3 is 2.33 bits per heavy atom. The van der Waals surface area contributed by atoms with Crippen molar-refractivity contribution in [2.75, 3.05) is 0 Å². The van der Waals surface area contributed by atoms with Gasteiger partial charge in [-0.05, 0) is 0 Å². The van der Waals surface area contributed by atoms with Crippen LogP contribution in [-0.4, -0.2) is 21.3 Å². The van der Waals surface area contributed by atoms with Crippen LogP contribution in [0.2, 0.25) is 6.04 Å². The maximum Gasteiger partial charge on any atom is 0.303 e. The molecule has 35 valence electrons. The Bertz CT molecular complexity index is 52.8. The number of carboxylic acids is 1. The van der Waals surface area contributed by atoms with Gasteiger partial charge in [0.25, 0.3) is 0 Å². The highest BCUT2D eigenvalue weighted by Crippen LogP contribution is 1.79. The normalized spacial score (nSPS) is 8.17. The fraction of sp³-hybridized carbons (Fsp3) is 0.667. The second kappa shape index (κ2) is 2.90. The summed E-state index contributed by atoms with van der Waals surface area (Å²) in [6.45, 7) is 0. The Morgan fingerprint density at radius 2 is 2.33 bits per heavy atom. The largest absolute Gasteiger partial charge is 0.481 e. The Hall–Kier alpha value is -0.313. The summed E-state index contributed by atoms with van der Waals surface area (Å²) < 4.78 is 0.